The lowest BCUT2D eigenvalue weighted by Gasteiger charge is -2.09. The van der Waals surface area contributed by atoms with E-state index in [0.717, 1.165) is 4.88 Å². The Labute approximate surface area is 106 Å². The Hall–Kier alpha value is -1.93. The number of aliphatic hydroxyl groups excluding tert-OH is 1. The number of rotatable bonds is 4. The van der Waals surface area contributed by atoms with Crippen molar-refractivity contribution in [2.45, 2.75) is 13.0 Å². The molecule has 2 rings (SSSR count). The number of carbonyl (C=O) groups excluding carboxylic acids is 1. The quantitative estimate of drug-likeness (QED) is 0.718. The lowest BCUT2D eigenvalue weighted by molar-refractivity contribution is -0.140. The number of aliphatic hydroxyl groups is 1. The minimum atomic E-state index is -1.32. The van der Waals surface area contributed by atoms with Gasteiger partial charge in [0.15, 0.2) is 11.0 Å². The summed E-state index contributed by atoms with van der Waals surface area (Å²) < 4.78 is 1.70. The summed E-state index contributed by atoms with van der Waals surface area (Å²) in [7, 11) is 0. The van der Waals surface area contributed by atoms with Gasteiger partial charge in [0.1, 0.15) is 5.69 Å². The van der Waals surface area contributed by atoms with Crippen LogP contribution in [0.15, 0.2) is 12.4 Å². The number of carboxylic acid groups (broad SMARTS) is 1. The number of fused-ring (bicyclic) bond motifs is 1. The molecule has 2 heterocycles. The number of aryl methyl sites for hydroxylation is 1. The van der Waals surface area contributed by atoms with Crippen LogP contribution in [0, 0.1) is 6.92 Å². The molecular weight excluding hydrogens is 258 g/mol. The Morgan fingerprint density at radius 2 is 2.28 bits per heavy atom. The topological polar surface area (TPSA) is 104 Å². The minimum Gasteiger partial charge on any atom is -0.480 e. The second-order valence-electron chi connectivity index (χ2n) is 3.70. The third kappa shape index (κ3) is 2.34. The second kappa shape index (κ2) is 4.75. The molecular formula is C10H11N3O4S. The Balaban J connectivity index is 2.17. The molecule has 0 fully saturated rings. The lowest BCUT2D eigenvalue weighted by atomic mass is 10.3. The van der Waals surface area contributed by atoms with Crippen molar-refractivity contribution in [1.82, 2.24) is 14.7 Å². The van der Waals surface area contributed by atoms with Crippen LogP contribution in [0.25, 0.3) is 4.96 Å². The fraction of sp³-hybridized carbons (Fsp3) is 0.300. The van der Waals surface area contributed by atoms with Gasteiger partial charge in [0.05, 0.1) is 6.61 Å². The first-order valence-corrected chi connectivity index (χ1v) is 5.92. The van der Waals surface area contributed by atoms with Gasteiger partial charge >= 0.3 is 5.97 Å². The number of imidazole rings is 1. The minimum absolute atomic E-state index is 0.126. The zero-order valence-corrected chi connectivity index (χ0v) is 10.3. The van der Waals surface area contributed by atoms with Crippen molar-refractivity contribution in [1.29, 1.82) is 0 Å². The van der Waals surface area contributed by atoms with Crippen LogP contribution in [-0.4, -0.2) is 44.1 Å². The number of thiazole rings is 1. The van der Waals surface area contributed by atoms with E-state index in [1.807, 2.05) is 13.1 Å². The molecule has 1 unspecified atom stereocenters. The Kier molecular flexibility index (Phi) is 3.30. The van der Waals surface area contributed by atoms with Crippen molar-refractivity contribution >= 4 is 28.2 Å². The molecule has 0 radical (unpaired) electrons. The molecule has 1 atom stereocenters. The molecule has 18 heavy (non-hydrogen) atoms. The highest BCUT2D eigenvalue weighted by Gasteiger charge is 2.21. The zero-order valence-electron chi connectivity index (χ0n) is 9.45. The van der Waals surface area contributed by atoms with E-state index in [1.165, 1.54) is 17.5 Å². The number of aromatic nitrogens is 2. The summed E-state index contributed by atoms with van der Waals surface area (Å²) in [6, 6.07) is -1.32. The normalized spacial score (nSPS) is 12.6. The van der Waals surface area contributed by atoms with Crippen LogP contribution in [-0.2, 0) is 4.79 Å². The number of hydrogen-bond donors (Lipinski definition) is 3. The van der Waals surface area contributed by atoms with E-state index in [4.69, 9.17) is 10.2 Å². The summed E-state index contributed by atoms with van der Waals surface area (Å²) >= 11 is 1.43. The van der Waals surface area contributed by atoms with Crippen molar-refractivity contribution in [2.24, 2.45) is 0 Å². The third-order valence-corrected chi connectivity index (χ3v) is 3.20. The van der Waals surface area contributed by atoms with Gasteiger partial charge in [0, 0.05) is 17.3 Å². The molecule has 0 bridgehead atoms. The van der Waals surface area contributed by atoms with Gasteiger partial charge < -0.3 is 15.5 Å². The lowest BCUT2D eigenvalue weighted by Crippen LogP contribution is -2.43. The van der Waals surface area contributed by atoms with E-state index in [-0.39, 0.29) is 5.69 Å². The summed E-state index contributed by atoms with van der Waals surface area (Å²) in [6.45, 7) is 1.26. The summed E-state index contributed by atoms with van der Waals surface area (Å²) in [5, 5.41) is 19.7. The molecule has 0 aliphatic rings. The fourth-order valence-electron chi connectivity index (χ4n) is 1.44. The molecule has 2 aromatic heterocycles. The van der Waals surface area contributed by atoms with Gasteiger partial charge in [-0.25, -0.2) is 9.78 Å². The standard InChI is InChI=1S/C10H11N3O4S/c1-5-2-13-3-6(12-10(13)18-5)8(15)11-7(4-14)9(16)17/h2-3,7,14H,4H2,1H3,(H,11,15)(H,16,17). The maximum atomic E-state index is 11.7. The molecule has 0 saturated heterocycles. The van der Waals surface area contributed by atoms with Crippen LogP contribution >= 0.6 is 11.3 Å². The molecule has 8 heteroatoms. The van der Waals surface area contributed by atoms with E-state index < -0.39 is 24.5 Å². The summed E-state index contributed by atoms with van der Waals surface area (Å²) in [4.78, 5) is 28.2. The highest BCUT2D eigenvalue weighted by molar-refractivity contribution is 7.17. The highest BCUT2D eigenvalue weighted by Crippen LogP contribution is 2.16. The predicted octanol–water partition coefficient (Wildman–Crippen LogP) is -0.120. The second-order valence-corrected chi connectivity index (χ2v) is 4.92. The van der Waals surface area contributed by atoms with E-state index in [2.05, 4.69) is 10.3 Å². The van der Waals surface area contributed by atoms with Crippen molar-refractivity contribution < 1.29 is 19.8 Å². The molecule has 0 saturated carbocycles. The predicted molar refractivity (Wildman–Crippen MR) is 63.8 cm³/mol. The molecule has 0 spiro atoms. The number of carboxylic acids is 1. The van der Waals surface area contributed by atoms with Crippen LogP contribution in [0.4, 0.5) is 0 Å². The molecule has 96 valence electrons. The smallest absolute Gasteiger partial charge is 0.328 e. The molecule has 0 aromatic carbocycles. The largest absolute Gasteiger partial charge is 0.480 e. The van der Waals surface area contributed by atoms with Crippen molar-refractivity contribution in [3.8, 4) is 0 Å². The maximum Gasteiger partial charge on any atom is 0.328 e. The van der Waals surface area contributed by atoms with E-state index in [9.17, 15) is 9.59 Å². The van der Waals surface area contributed by atoms with Gasteiger partial charge in [-0.2, -0.15) is 0 Å². The van der Waals surface area contributed by atoms with Gasteiger partial charge in [-0.1, -0.05) is 0 Å². The van der Waals surface area contributed by atoms with Gasteiger partial charge in [0.25, 0.3) is 5.91 Å². The molecule has 3 N–H and O–H groups in total. The van der Waals surface area contributed by atoms with Gasteiger partial charge in [-0.15, -0.1) is 11.3 Å². The summed E-state index contributed by atoms with van der Waals surface area (Å²) in [6.07, 6.45) is 3.34. The Morgan fingerprint density at radius 1 is 1.56 bits per heavy atom. The Bertz CT molecular complexity index is 572. The first-order valence-electron chi connectivity index (χ1n) is 5.11. The zero-order chi connectivity index (χ0) is 13.3. The first kappa shape index (κ1) is 12.5. The first-order chi connectivity index (χ1) is 8.51. The van der Waals surface area contributed by atoms with E-state index >= 15 is 0 Å². The average Bonchev–Trinajstić information content (AvgIpc) is 2.81. The van der Waals surface area contributed by atoms with Crippen molar-refractivity contribution in [2.75, 3.05) is 6.61 Å². The third-order valence-electron chi connectivity index (χ3n) is 2.29. The number of nitrogens with zero attached hydrogens (tertiary/aromatic N) is 2. The fourth-order valence-corrected chi connectivity index (χ4v) is 2.25. The van der Waals surface area contributed by atoms with Gasteiger partial charge in [0.2, 0.25) is 0 Å². The molecule has 1 amide bonds. The molecule has 2 aromatic rings. The van der Waals surface area contributed by atoms with E-state index in [1.54, 1.807) is 4.40 Å². The van der Waals surface area contributed by atoms with E-state index in [0.29, 0.717) is 4.96 Å². The number of nitrogens with one attached hydrogen (secondary N) is 1. The van der Waals surface area contributed by atoms with Crippen LogP contribution in [0.3, 0.4) is 0 Å². The average molecular weight is 269 g/mol. The van der Waals surface area contributed by atoms with Gasteiger partial charge in [-0.05, 0) is 6.92 Å². The number of carbonyl (C=O) groups is 2. The number of amides is 1. The monoisotopic (exact) mass is 269 g/mol. The van der Waals surface area contributed by atoms with Crippen molar-refractivity contribution in [3.63, 3.8) is 0 Å². The summed E-state index contributed by atoms with van der Waals surface area (Å²) in [5.41, 5.74) is 0.126. The Morgan fingerprint density at radius 3 is 2.83 bits per heavy atom. The van der Waals surface area contributed by atoms with Crippen molar-refractivity contribution in [3.05, 3.63) is 23.0 Å². The highest BCUT2D eigenvalue weighted by atomic mass is 32.1. The van der Waals surface area contributed by atoms with Gasteiger partial charge in [-0.3, -0.25) is 9.20 Å². The van der Waals surface area contributed by atoms with Crippen LogP contribution < -0.4 is 5.32 Å². The molecule has 0 aliphatic carbocycles. The van der Waals surface area contributed by atoms with Crippen LogP contribution in [0.2, 0.25) is 0 Å². The van der Waals surface area contributed by atoms with Crippen LogP contribution in [0.5, 0.6) is 0 Å². The molecule has 0 aliphatic heterocycles. The maximum absolute atomic E-state index is 11.7. The summed E-state index contributed by atoms with van der Waals surface area (Å²) in [5.74, 6) is -1.91. The number of hydrogen-bond acceptors (Lipinski definition) is 5. The number of aliphatic carboxylic acids is 1. The SMILES string of the molecule is Cc1cn2cc(C(=O)NC(CO)C(=O)O)nc2s1. The molecule has 7 nitrogen and oxygen atoms in total. The van der Waals surface area contributed by atoms with Crippen LogP contribution in [0.1, 0.15) is 15.4 Å².